The molecule has 0 radical (unpaired) electrons. The molecule has 4 rings (SSSR count). The Bertz CT molecular complexity index is 825. The van der Waals surface area contributed by atoms with Gasteiger partial charge < -0.3 is 14.8 Å². The van der Waals surface area contributed by atoms with E-state index in [0.29, 0.717) is 6.42 Å². The van der Waals surface area contributed by atoms with Gasteiger partial charge in [-0.2, -0.15) is 0 Å². The molecule has 3 heterocycles. The molecular formula is C19H23N3O2. The van der Waals surface area contributed by atoms with Gasteiger partial charge in [0.15, 0.2) is 0 Å². The summed E-state index contributed by atoms with van der Waals surface area (Å²) >= 11 is 0. The summed E-state index contributed by atoms with van der Waals surface area (Å²) in [5.74, 6) is 0.142. The molecule has 2 aliphatic heterocycles. The first kappa shape index (κ1) is 15.2. The Kier molecular flexibility index (Phi) is 3.41. The largest absolute Gasteiger partial charge is 0.356 e. The van der Waals surface area contributed by atoms with E-state index >= 15 is 0 Å². The van der Waals surface area contributed by atoms with Gasteiger partial charge in [0, 0.05) is 29.1 Å². The molecule has 1 saturated heterocycles. The summed E-state index contributed by atoms with van der Waals surface area (Å²) in [6, 6.07) is 7.80. The zero-order valence-electron chi connectivity index (χ0n) is 14.4. The predicted octanol–water partition coefficient (Wildman–Crippen LogP) is 2.62. The average molecular weight is 325 g/mol. The first-order valence-electron chi connectivity index (χ1n) is 8.74. The number of piperazine rings is 1. The second kappa shape index (κ2) is 5.36. The van der Waals surface area contributed by atoms with Gasteiger partial charge in [-0.05, 0) is 31.9 Å². The standard InChI is InChI=1S/C19H23N3O2/c1-4-11(2)21-10-17(23)22-12(3)18-14(9-16(22)19(21)24)13-7-5-6-8-15(13)20-18/h5-8,11-12,16,20H,4,9-10H2,1-3H3/t11-,12-,16+/m0/s1. The molecule has 126 valence electrons. The van der Waals surface area contributed by atoms with Crippen LogP contribution >= 0.6 is 0 Å². The Morgan fingerprint density at radius 2 is 2.04 bits per heavy atom. The fourth-order valence-corrected chi connectivity index (χ4v) is 4.18. The summed E-state index contributed by atoms with van der Waals surface area (Å²) in [5, 5.41) is 1.17. The number of para-hydroxylation sites is 1. The summed E-state index contributed by atoms with van der Waals surface area (Å²) in [6.45, 7) is 6.29. The van der Waals surface area contributed by atoms with E-state index < -0.39 is 0 Å². The molecule has 2 aromatic rings. The van der Waals surface area contributed by atoms with E-state index in [0.717, 1.165) is 17.6 Å². The Morgan fingerprint density at radius 1 is 1.29 bits per heavy atom. The lowest BCUT2D eigenvalue weighted by molar-refractivity contribution is -0.161. The van der Waals surface area contributed by atoms with Gasteiger partial charge in [-0.25, -0.2) is 0 Å². The van der Waals surface area contributed by atoms with Crippen LogP contribution in [0, 0.1) is 0 Å². The van der Waals surface area contributed by atoms with Crippen LogP contribution in [-0.4, -0.2) is 45.2 Å². The zero-order valence-corrected chi connectivity index (χ0v) is 14.4. The molecule has 0 aliphatic carbocycles. The Morgan fingerprint density at radius 3 is 2.79 bits per heavy atom. The van der Waals surface area contributed by atoms with Gasteiger partial charge in [-0.15, -0.1) is 0 Å². The van der Waals surface area contributed by atoms with Gasteiger partial charge in [0.25, 0.3) is 0 Å². The lowest BCUT2D eigenvalue weighted by Gasteiger charge is -2.47. The molecule has 24 heavy (non-hydrogen) atoms. The van der Waals surface area contributed by atoms with Crippen molar-refractivity contribution in [3.8, 4) is 0 Å². The molecule has 0 saturated carbocycles. The number of benzene rings is 1. The van der Waals surface area contributed by atoms with Crippen molar-refractivity contribution < 1.29 is 9.59 Å². The van der Waals surface area contributed by atoms with E-state index in [2.05, 4.69) is 24.0 Å². The van der Waals surface area contributed by atoms with E-state index in [1.807, 2.05) is 26.0 Å². The van der Waals surface area contributed by atoms with Gasteiger partial charge in [0.2, 0.25) is 11.8 Å². The molecule has 0 spiro atoms. The second-order valence-corrected chi connectivity index (χ2v) is 6.98. The summed E-state index contributed by atoms with van der Waals surface area (Å²) < 4.78 is 0. The van der Waals surface area contributed by atoms with Crippen molar-refractivity contribution in [2.75, 3.05) is 6.54 Å². The third-order valence-corrected chi connectivity index (χ3v) is 5.70. The zero-order chi connectivity index (χ0) is 17.0. The molecule has 1 aromatic carbocycles. The van der Waals surface area contributed by atoms with Crippen LogP contribution in [0.5, 0.6) is 0 Å². The first-order valence-corrected chi connectivity index (χ1v) is 8.74. The van der Waals surface area contributed by atoms with Gasteiger partial charge in [-0.1, -0.05) is 25.1 Å². The molecular weight excluding hydrogens is 302 g/mol. The molecule has 0 bridgehead atoms. The van der Waals surface area contributed by atoms with Crippen molar-refractivity contribution in [3.05, 3.63) is 35.5 Å². The van der Waals surface area contributed by atoms with Crippen molar-refractivity contribution >= 4 is 22.7 Å². The Labute approximate surface area is 141 Å². The number of carbonyl (C=O) groups excluding carboxylic acids is 2. The molecule has 3 atom stereocenters. The fraction of sp³-hybridized carbons (Fsp3) is 0.474. The van der Waals surface area contributed by atoms with E-state index in [-0.39, 0.29) is 36.5 Å². The van der Waals surface area contributed by atoms with Crippen molar-refractivity contribution in [2.45, 2.75) is 51.7 Å². The Balaban J connectivity index is 1.80. The van der Waals surface area contributed by atoms with E-state index in [1.54, 1.807) is 9.80 Å². The maximum atomic E-state index is 13.0. The number of nitrogens with one attached hydrogen (secondary N) is 1. The smallest absolute Gasteiger partial charge is 0.246 e. The van der Waals surface area contributed by atoms with Crippen molar-refractivity contribution in [3.63, 3.8) is 0 Å². The number of rotatable bonds is 2. The molecule has 1 fully saturated rings. The van der Waals surface area contributed by atoms with Crippen LogP contribution in [0.2, 0.25) is 0 Å². The average Bonchev–Trinajstić information content (AvgIpc) is 2.96. The first-order chi connectivity index (χ1) is 11.5. The highest BCUT2D eigenvalue weighted by Crippen LogP contribution is 2.39. The number of amides is 2. The fourth-order valence-electron chi connectivity index (χ4n) is 4.18. The SMILES string of the molecule is CC[C@H](C)N1CC(=O)N2[C@H](Cc3c([nH]c4ccccc34)[C@@H]2C)C1=O. The summed E-state index contributed by atoms with van der Waals surface area (Å²) in [7, 11) is 0. The minimum atomic E-state index is -0.373. The highest BCUT2D eigenvalue weighted by atomic mass is 16.2. The number of aromatic nitrogens is 1. The number of H-pyrrole nitrogens is 1. The molecule has 1 N–H and O–H groups in total. The van der Waals surface area contributed by atoms with Crippen molar-refractivity contribution in [1.82, 2.24) is 14.8 Å². The van der Waals surface area contributed by atoms with Crippen molar-refractivity contribution in [1.29, 1.82) is 0 Å². The quantitative estimate of drug-likeness (QED) is 0.923. The normalized spacial score (nSPS) is 25.0. The van der Waals surface area contributed by atoms with Crippen LogP contribution < -0.4 is 0 Å². The van der Waals surface area contributed by atoms with Crippen LogP contribution in [0.4, 0.5) is 0 Å². The maximum Gasteiger partial charge on any atom is 0.246 e. The molecule has 0 unspecified atom stereocenters. The molecule has 2 aliphatic rings. The van der Waals surface area contributed by atoms with Gasteiger partial charge >= 0.3 is 0 Å². The number of aromatic amines is 1. The molecule has 2 amide bonds. The minimum absolute atomic E-state index is 0.0525. The lowest BCUT2D eigenvalue weighted by atomic mass is 9.89. The second-order valence-electron chi connectivity index (χ2n) is 6.98. The van der Waals surface area contributed by atoms with Gasteiger partial charge in [0.1, 0.15) is 12.6 Å². The molecule has 5 heteroatoms. The summed E-state index contributed by atoms with van der Waals surface area (Å²) in [5.41, 5.74) is 3.34. The van der Waals surface area contributed by atoms with Crippen LogP contribution in [0.25, 0.3) is 10.9 Å². The number of carbonyl (C=O) groups is 2. The number of hydrogen-bond donors (Lipinski definition) is 1. The number of nitrogens with zero attached hydrogens (tertiary/aromatic N) is 2. The minimum Gasteiger partial charge on any atom is -0.356 e. The molecule has 5 nitrogen and oxygen atoms in total. The third kappa shape index (κ3) is 2.00. The van der Waals surface area contributed by atoms with Crippen LogP contribution in [-0.2, 0) is 16.0 Å². The van der Waals surface area contributed by atoms with Gasteiger partial charge in [0.05, 0.1) is 6.04 Å². The topological polar surface area (TPSA) is 56.4 Å². The number of fused-ring (bicyclic) bond motifs is 4. The van der Waals surface area contributed by atoms with Crippen LogP contribution in [0.15, 0.2) is 24.3 Å². The van der Waals surface area contributed by atoms with E-state index in [4.69, 9.17) is 0 Å². The summed E-state index contributed by atoms with van der Waals surface area (Å²) in [6.07, 6.45) is 1.46. The van der Waals surface area contributed by atoms with Gasteiger partial charge in [-0.3, -0.25) is 9.59 Å². The van der Waals surface area contributed by atoms with Crippen molar-refractivity contribution in [2.24, 2.45) is 0 Å². The van der Waals surface area contributed by atoms with E-state index in [9.17, 15) is 9.59 Å². The highest BCUT2D eigenvalue weighted by Gasteiger charge is 2.46. The highest BCUT2D eigenvalue weighted by molar-refractivity contribution is 5.97. The predicted molar refractivity (Wildman–Crippen MR) is 92.5 cm³/mol. The molecule has 1 aromatic heterocycles. The number of hydrogen-bond acceptors (Lipinski definition) is 2. The lowest BCUT2D eigenvalue weighted by Crippen LogP contribution is -2.64. The van der Waals surface area contributed by atoms with Crippen LogP contribution in [0.1, 0.15) is 44.5 Å². The summed E-state index contributed by atoms with van der Waals surface area (Å²) in [4.78, 5) is 32.8. The van der Waals surface area contributed by atoms with Crippen LogP contribution in [0.3, 0.4) is 0 Å². The monoisotopic (exact) mass is 325 g/mol. The van der Waals surface area contributed by atoms with E-state index in [1.165, 1.54) is 10.9 Å². The maximum absolute atomic E-state index is 13.0. The third-order valence-electron chi connectivity index (χ3n) is 5.70. The Hall–Kier alpha value is -2.30.